The Morgan fingerprint density at radius 3 is 2.30 bits per heavy atom. The van der Waals surface area contributed by atoms with Gasteiger partial charge < -0.3 is 15.0 Å². The maximum absolute atomic E-state index is 13.6. The fourth-order valence-electron chi connectivity index (χ4n) is 5.10. The zero-order chi connectivity index (χ0) is 22.9. The van der Waals surface area contributed by atoms with Crippen LogP contribution in [-0.4, -0.2) is 58.9 Å². The highest BCUT2D eigenvalue weighted by molar-refractivity contribution is 6.37. The number of H-pyrrole nitrogens is 1. The lowest BCUT2D eigenvalue weighted by atomic mass is 9.93. The highest BCUT2D eigenvalue weighted by Crippen LogP contribution is 2.43. The summed E-state index contributed by atoms with van der Waals surface area (Å²) in [5, 5.41) is 15.4. The molecular formula is C27H23N3O3. The second kappa shape index (κ2) is 7.05. The molecule has 6 rings (SSSR count). The predicted octanol–water partition coefficient (Wildman–Crippen LogP) is 4.88. The maximum atomic E-state index is 13.6. The number of phenolic OH excluding ortho intramolecular Hbond substituents is 1. The molecule has 6 heteroatoms. The Bertz CT molecular complexity index is 1630. The van der Waals surface area contributed by atoms with Crippen LogP contribution in [0.25, 0.3) is 43.4 Å². The molecule has 0 saturated heterocycles. The molecule has 2 heterocycles. The smallest absolute Gasteiger partial charge is 0.262 e. The van der Waals surface area contributed by atoms with Crippen molar-refractivity contribution in [1.29, 1.82) is 0 Å². The average molecular weight is 437 g/mol. The molecule has 4 aromatic carbocycles. The molecule has 0 fully saturated rings. The number of nitrogens with zero attached hydrogens (tertiary/aromatic N) is 2. The molecule has 5 aromatic rings. The third-order valence-corrected chi connectivity index (χ3v) is 6.61. The highest BCUT2D eigenvalue weighted by Gasteiger charge is 2.39. The number of carbonyl (C=O) groups excluding carboxylic acids is 2. The van der Waals surface area contributed by atoms with Crippen molar-refractivity contribution in [2.24, 2.45) is 0 Å². The minimum absolute atomic E-state index is 0.121. The molecule has 0 aliphatic carbocycles. The summed E-state index contributed by atoms with van der Waals surface area (Å²) in [5.74, 6) is -0.390. The van der Waals surface area contributed by atoms with E-state index in [1.165, 1.54) is 4.90 Å². The van der Waals surface area contributed by atoms with Crippen LogP contribution in [-0.2, 0) is 0 Å². The van der Waals surface area contributed by atoms with Crippen LogP contribution < -0.4 is 0 Å². The topological polar surface area (TPSA) is 76.6 Å². The summed E-state index contributed by atoms with van der Waals surface area (Å²) in [5.41, 5.74) is 2.52. The molecule has 0 spiro atoms. The molecule has 6 nitrogen and oxygen atoms in total. The van der Waals surface area contributed by atoms with Crippen LogP contribution in [0.3, 0.4) is 0 Å². The van der Waals surface area contributed by atoms with Crippen molar-refractivity contribution in [3.8, 4) is 5.75 Å². The Morgan fingerprint density at radius 2 is 1.58 bits per heavy atom. The van der Waals surface area contributed by atoms with Crippen molar-refractivity contribution < 1.29 is 14.7 Å². The molecule has 0 atom stereocenters. The van der Waals surface area contributed by atoms with Crippen molar-refractivity contribution in [3.05, 3.63) is 65.7 Å². The summed E-state index contributed by atoms with van der Waals surface area (Å²) in [6, 6.07) is 17.2. The minimum atomic E-state index is -0.266. The lowest BCUT2D eigenvalue weighted by molar-refractivity contribution is 0.0650. The number of nitrogens with one attached hydrogen (secondary N) is 1. The number of aromatic amines is 1. The molecule has 164 valence electrons. The van der Waals surface area contributed by atoms with Gasteiger partial charge in [-0.3, -0.25) is 14.5 Å². The second-order valence-electron chi connectivity index (χ2n) is 9.02. The number of imide groups is 1. The number of aromatic nitrogens is 1. The van der Waals surface area contributed by atoms with Gasteiger partial charge in [0.05, 0.1) is 16.6 Å². The van der Waals surface area contributed by atoms with Crippen molar-refractivity contribution >= 4 is 55.2 Å². The van der Waals surface area contributed by atoms with E-state index in [1.807, 2.05) is 49.3 Å². The Balaban J connectivity index is 1.71. The summed E-state index contributed by atoms with van der Waals surface area (Å²) in [7, 11) is 3.95. The lowest BCUT2D eigenvalue weighted by Gasteiger charge is -2.15. The summed E-state index contributed by atoms with van der Waals surface area (Å²) in [4.78, 5) is 34.2. The van der Waals surface area contributed by atoms with Gasteiger partial charge in [-0.25, -0.2) is 0 Å². The van der Waals surface area contributed by atoms with E-state index in [9.17, 15) is 14.7 Å². The Morgan fingerprint density at radius 1 is 0.879 bits per heavy atom. The van der Waals surface area contributed by atoms with Crippen LogP contribution in [0.5, 0.6) is 5.75 Å². The van der Waals surface area contributed by atoms with Crippen molar-refractivity contribution in [3.63, 3.8) is 0 Å². The molecule has 2 N–H and O–H groups in total. The third kappa shape index (κ3) is 2.84. The number of phenols is 1. The first kappa shape index (κ1) is 19.8. The van der Waals surface area contributed by atoms with E-state index in [0.29, 0.717) is 29.5 Å². The van der Waals surface area contributed by atoms with E-state index in [1.54, 1.807) is 18.2 Å². The van der Waals surface area contributed by atoms with Gasteiger partial charge in [0.1, 0.15) is 5.75 Å². The minimum Gasteiger partial charge on any atom is -0.508 e. The Kier molecular flexibility index (Phi) is 4.22. The van der Waals surface area contributed by atoms with E-state index < -0.39 is 0 Å². The first-order valence-corrected chi connectivity index (χ1v) is 11.1. The molecule has 2 amide bonds. The van der Waals surface area contributed by atoms with Gasteiger partial charge in [0.2, 0.25) is 0 Å². The average Bonchev–Trinajstić information content (AvgIpc) is 3.28. The van der Waals surface area contributed by atoms with E-state index in [-0.39, 0.29) is 17.6 Å². The number of hydrogen-bond donors (Lipinski definition) is 2. The van der Waals surface area contributed by atoms with E-state index in [4.69, 9.17) is 0 Å². The standard InChI is InChI=1S/C27H23N3O3/c1-29(2)10-5-11-30-26(32)23-18-12-15-6-3-4-7-16(15)13-19(18)25-22(24(23)27(30)33)20-14-17(31)8-9-21(20)28-25/h3-4,6-9,12-14,28,31H,5,10-11H2,1-2H3. The predicted molar refractivity (Wildman–Crippen MR) is 131 cm³/mol. The number of aromatic hydroxyl groups is 1. The largest absolute Gasteiger partial charge is 0.508 e. The summed E-state index contributed by atoms with van der Waals surface area (Å²) in [6.07, 6.45) is 0.706. The number of benzene rings is 4. The first-order chi connectivity index (χ1) is 15.9. The lowest BCUT2D eigenvalue weighted by Crippen LogP contribution is -2.32. The van der Waals surface area contributed by atoms with Crippen LogP contribution in [0.1, 0.15) is 27.1 Å². The quantitative estimate of drug-likeness (QED) is 0.310. The van der Waals surface area contributed by atoms with Crippen LogP contribution in [0.4, 0.5) is 0 Å². The van der Waals surface area contributed by atoms with Crippen molar-refractivity contribution in [2.45, 2.75) is 6.42 Å². The number of amides is 2. The van der Waals surface area contributed by atoms with Crippen LogP contribution in [0, 0.1) is 0 Å². The highest BCUT2D eigenvalue weighted by atomic mass is 16.3. The molecular weight excluding hydrogens is 414 g/mol. The second-order valence-corrected chi connectivity index (χ2v) is 9.02. The van der Waals surface area contributed by atoms with E-state index in [2.05, 4.69) is 11.1 Å². The van der Waals surface area contributed by atoms with Gasteiger partial charge in [-0.2, -0.15) is 0 Å². The normalized spacial score (nSPS) is 14.0. The number of carbonyl (C=O) groups is 2. The molecule has 1 aliphatic heterocycles. The van der Waals surface area contributed by atoms with Crippen LogP contribution >= 0.6 is 0 Å². The summed E-state index contributed by atoms with van der Waals surface area (Å²) >= 11 is 0. The maximum Gasteiger partial charge on any atom is 0.262 e. The number of hydrogen-bond acceptors (Lipinski definition) is 4. The fourth-order valence-corrected chi connectivity index (χ4v) is 5.10. The Hall–Kier alpha value is -3.90. The fraction of sp³-hybridized carbons (Fsp3) is 0.185. The van der Waals surface area contributed by atoms with Crippen LogP contribution in [0.15, 0.2) is 54.6 Å². The third-order valence-electron chi connectivity index (χ3n) is 6.61. The zero-order valence-corrected chi connectivity index (χ0v) is 18.5. The zero-order valence-electron chi connectivity index (χ0n) is 18.5. The van der Waals surface area contributed by atoms with Crippen molar-refractivity contribution in [1.82, 2.24) is 14.8 Å². The monoisotopic (exact) mass is 437 g/mol. The van der Waals surface area contributed by atoms with E-state index in [0.717, 1.165) is 44.5 Å². The molecule has 33 heavy (non-hydrogen) atoms. The molecule has 1 aromatic heterocycles. The molecule has 0 radical (unpaired) electrons. The van der Waals surface area contributed by atoms with Gasteiger partial charge in [0.25, 0.3) is 11.8 Å². The SMILES string of the molecule is CN(C)CCCN1C(=O)c2c(c3c4cc(O)ccc4[nH]c3c3cc4ccccc4cc23)C1=O. The number of rotatable bonds is 4. The van der Waals surface area contributed by atoms with Gasteiger partial charge in [-0.05, 0) is 73.6 Å². The van der Waals surface area contributed by atoms with Crippen molar-refractivity contribution in [2.75, 3.05) is 27.2 Å². The molecule has 1 aliphatic rings. The van der Waals surface area contributed by atoms with Gasteiger partial charge in [-0.1, -0.05) is 24.3 Å². The summed E-state index contributed by atoms with van der Waals surface area (Å²) in [6.45, 7) is 1.16. The van der Waals surface area contributed by atoms with Gasteiger partial charge in [0.15, 0.2) is 0 Å². The molecule has 0 saturated carbocycles. The van der Waals surface area contributed by atoms with Gasteiger partial charge >= 0.3 is 0 Å². The molecule has 0 unspecified atom stereocenters. The van der Waals surface area contributed by atoms with Crippen LogP contribution in [0.2, 0.25) is 0 Å². The van der Waals surface area contributed by atoms with E-state index >= 15 is 0 Å². The van der Waals surface area contributed by atoms with Gasteiger partial charge in [0, 0.05) is 28.2 Å². The number of fused-ring (bicyclic) bond motifs is 9. The first-order valence-electron chi connectivity index (χ1n) is 11.1. The van der Waals surface area contributed by atoms with Gasteiger partial charge in [-0.15, -0.1) is 0 Å². The Labute approximate surface area is 190 Å². The summed E-state index contributed by atoms with van der Waals surface area (Å²) < 4.78 is 0. The molecule has 0 bridgehead atoms.